The monoisotopic (exact) mass is 345 g/mol. The second-order valence-electron chi connectivity index (χ2n) is 6.81. The summed E-state index contributed by atoms with van der Waals surface area (Å²) in [5.74, 6) is -0.0286. The van der Waals surface area contributed by atoms with Gasteiger partial charge in [0.2, 0.25) is 11.8 Å². The molecular weight excluding hydrogens is 318 g/mol. The Morgan fingerprint density at radius 1 is 1.16 bits per heavy atom. The number of carbonyl (C=O) groups excluding carboxylic acids is 2. The number of hydrogen-bond donors (Lipinski definition) is 1. The van der Waals surface area contributed by atoms with Gasteiger partial charge in [0.05, 0.1) is 6.54 Å². The quantitative estimate of drug-likeness (QED) is 0.890. The Labute approximate surface area is 149 Å². The number of nitrogens with one attached hydrogen (secondary N) is 1. The minimum Gasteiger partial charge on any atom is -0.381 e. The van der Waals surface area contributed by atoms with E-state index < -0.39 is 0 Å². The molecule has 0 atom stereocenters. The molecule has 0 bridgehead atoms. The minimum absolute atomic E-state index is 0.00398. The zero-order valence-corrected chi connectivity index (χ0v) is 14.9. The SMILES string of the molecule is Cc1cccc(N2CCN(C(=O)CNC(=O)C3CCOCC3)CC2)c1. The van der Waals surface area contributed by atoms with Gasteiger partial charge in [-0.05, 0) is 37.5 Å². The number of aryl methyl sites for hydroxylation is 1. The summed E-state index contributed by atoms with van der Waals surface area (Å²) < 4.78 is 5.26. The average Bonchev–Trinajstić information content (AvgIpc) is 2.66. The fourth-order valence-corrected chi connectivity index (χ4v) is 3.42. The number of anilines is 1. The molecule has 2 amide bonds. The van der Waals surface area contributed by atoms with E-state index in [9.17, 15) is 9.59 Å². The molecule has 6 heteroatoms. The van der Waals surface area contributed by atoms with E-state index in [0.717, 1.165) is 25.9 Å². The highest BCUT2D eigenvalue weighted by molar-refractivity contribution is 5.86. The predicted molar refractivity (Wildman–Crippen MR) is 96.5 cm³/mol. The molecule has 2 fully saturated rings. The Kier molecular flexibility index (Phi) is 5.91. The van der Waals surface area contributed by atoms with E-state index in [4.69, 9.17) is 4.74 Å². The largest absolute Gasteiger partial charge is 0.381 e. The van der Waals surface area contributed by atoms with Crippen LogP contribution in [0.3, 0.4) is 0 Å². The van der Waals surface area contributed by atoms with Gasteiger partial charge < -0.3 is 19.9 Å². The van der Waals surface area contributed by atoms with E-state index in [1.807, 2.05) is 4.90 Å². The van der Waals surface area contributed by atoms with Crippen molar-refractivity contribution in [2.75, 3.05) is 50.8 Å². The summed E-state index contributed by atoms with van der Waals surface area (Å²) in [6.45, 7) is 6.48. The lowest BCUT2D eigenvalue weighted by Gasteiger charge is -2.36. The fourth-order valence-electron chi connectivity index (χ4n) is 3.42. The third-order valence-electron chi connectivity index (χ3n) is 5.01. The van der Waals surface area contributed by atoms with Crippen molar-refractivity contribution in [1.29, 1.82) is 0 Å². The van der Waals surface area contributed by atoms with Crippen molar-refractivity contribution >= 4 is 17.5 Å². The summed E-state index contributed by atoms with van der Waals surface area (Å²) in [4.78, 5) is 28.6. The van der Waals surface area contributed by atoms with Crippen LogP contribution in [0, 0.1) is 12.8 Å². The van der Waals surface area contributed by atoms with Crippen LogP contribution in [0.4, 0.5) is 5.69 Å². The van der Waals surface area contributed by atoms with Crippen molar-refractivity contribution < 1.29 is 14.3 Å². The summed E-state index contributed by atoms with van der Waals surface area (Å²) in [7, 11) is 0. The number of piperazine rings is 1. The second kappa shape index (κ2) is 8.34. The van der Waals surface area contributed by atoms with Gasteiger partial charge in [0.25, 0.3) is 0 Å². The zero-order valence-electron chi connectivity index (χ0n) is 14.9. The predicted octanol–water partition coefficient (Wildman–Crippen LogP) is 1.19. The molecule has 0 aliphatic carbocycles. The molecule has 0 spiro atoms. The van der Waals surface area contributed by atoms with Crippen molar-refractivity contribution in [2.45, 2.75) is 19.8 Å². The number of ether oxygens (including phenoxy) is 1. The maximum absolute atomic E-state index is 12.4. The van der Waals surface area contributed by atoms with E-state index >= 15 is 0 Å². The number of benzene rings is 1. The standard InChI is InChI=1S/C19H27N3O3/c1-15-3-2-4-17(13-15)21-7-9-22(10-8-21)18(23)14-20-19(24)16-5-11-25-12-6-16/h2-4,13,16H,5-12,14H2,1H3,(H,20,24). The van der Waals surface area contributed by atoms with Crippen LogP contribution in [0.25, 0.3) is 0 Å². The van der Waals surface area contributed by atoms with Crippen LogP contribution in [0.1, 0.15) is 18.4 Å². The number of amides is 2. The normalized spacial score (nSPS) is 18.9. The lowest BCUT2D eigenvalue weighted by molar-refractivity contribution is -0.135. The van der Waals surface area contributed by atoms with Crippen LogP contribution in [0.15, 0.2) is 24.3 Å². The van der Waals surface area contributed by atoms with E-state index in [-0.39, 0.29) is 24.3 Å². The molecule has 0 radical (unpaired) electrons. The highest BCUT2D eigenvalue weighted by Gasteiger charge is 2.24. The Morgan fingerprint density at radius 3 is 2.56 bits per heavy atom. The molecule has 1 aromatic rings. The third-order valence-corrected chi connectivity index (χ3v) is 5.01. The van der Waals surface area contributed by atoms with Crippen LogP contribution in [0.5, 0.6) is 0 Å². The van der Waals surface area contributed by atoms with Gasteiger partial charge in [-0.3, -0.25) is 9.59 Å². The molecule has 6 nitrogen and oxygen atoms in total. The molecular formula is C19H27N3O3. The smallest absolute Gasteiger partial charge is 0.242 e. The van der Waals surface area contributed by atoms with Gasteiger partial charge in [0.15, 0.2) is 0 Å². The average molecular weight is 345 g/mol. The molecule has 2 heterocycles. The van der Waals surface area contributed by atoms with Crippen molar-refractivity contribution in [1.82, 2.24) is 10.2 Å². The minimum atomic E-state index is -0.0185. The molecule has 2 aliphatic heterocycles. The number of hydrogen-bond acceptors (Lipinski definition) is 4. The van der Waals surface area contributed by atoms with Crippen LogP contribution in [-0.2, 0) is 14.3 Å². The van der Waals surface area contributed by atoms with Crippen LogP contribution in [-0.4, -0.2) is 62.7 Å². The molecule has 0 unspecified atom stereocenters. The van der Waals surface area contributed by atoms with Crippen LogP contribution in [0.2, 0.25) is 0 Å². The van der Waals surface area contributed by atoms with E-state index in [0.29, 0.717) is 26.3 Å². The van der Waals surface area contributed by atoms with E-state index in [1.54, 1.807) is 0 Å². The third kappa shape index (κ3) is 4.72. The number of carbonyl (C=O) groups is 2. The van der Waals surface area contributed by atoms with Crippen LogP contribution < -0.4 is 10.2 Å². The van der Waals surface area contributed by atoms with Gasteiger partial charge in [0.1, 0.15) is 0 Å². The van der Waals surface area contributed by atoms with E-state index in [1.165, 1.54) is 11.3 Å². The Hall–Kier alpha value is -2.08. The molecule has 0 aromatic heterocycles. The second-order valence-corrected chi connectivity index (χ2v) is 6.81. The first-order valence-corrected chi connectivity index (χ1v) is 9.08. The molecule has 1 N–H and O–H groups in total. The molecule has 2 saturated heterocycles. The first-order valence-electron chi connectivity index (χ1n) is 9.08. The van der Waals surface area contributed by atoms with Crippen molar-refractivity contribution in [2.24, 2.45) is 5.92 Å². The van der Waals surface area contributed by atoms with Gasteiger partial charge in [-0.1, -0.05) is 12.1 Å². The molecule has 0 saturated carbocycles. The van der Waals surface area contributed by atoms with Crippen molar-refractivity contribution in [3.05, 3.63) is 29.8 Å². The summed E-state index contributed by atoms with van der Waals surface area (Å²) in [6.07, 6.45) is 1.49. The topological polar surface area (TPSA) is 61.9 Å². The number of rotatable bonds is 4. The van der Waals surface area contributed by atoms with E-state index in [2.05, 4.69) is 41.4 Å². The number of nitrogens with zero attached hydrogens (tertiary/aromatic N) is 2. The zero-order chi connectivity index (χ0) is 17.6. The molecule has 136 valence electrons. The van der Waals surface area contributed by atoms with Gasteiger partial charge in [-0.25, -0.2) is 0 Å². The lowest BCUT2D eigenvalue weighted by Crippen LogP contribution is -2.51. The molecule has 1 aromatic carbocycles. The summed E-state index contributed by atoms with van der Waals surface area (Å²) >= 11 is 0. The van der Waals surface area contributed by atoms with Crippen LogP contribution >= 0.6 is 0 Å². The first-order chi connectivity index (χ1) is 12.1. The molecule has 3 rings (SSSR count). The highest BCUT2D eigenvalue weighted by Crippen LogP contribution is 2.18. The fraction of sp³-hybridized carbons (Fsp3) is 0.579. The Morgan fingerprint density at radius 2 is 1.88 bits per heavy atom. The lowest BCUT2D eigenvalue weighted by atomic mass is 9.99. The molecule has 2 aliphatic rings. The maximum Gasteiger partial charge on any atom is 0.242 e. The molecule has 25 heavy (non-hydrogen) atoms. The Bertz CT molecular complexity index is 606. The van der Waals surface area contributed by atoms with Gasteiger partial charge in [-0.15, -0.1) is 0 Å². The van der Waals surface area contributed by atoms with Crippen molar-refractivity contribution in [3.8, 4) is 0 Å². The first kappa shape index (κ1) is 17.7. The summed E-state index contributed by atoms with van der Waals surface area (Å²) in [6, 6.07) is 8.43. The van der Waals surface area contributed by atoms with Gasteiger partial charge in [0, 0.05) is 51.0 Å². The maximum atomic E-state index is 12.4. The van der Waals surface area contributed by atoms with Gasteiger partial charge >= 0.3 is 0 Å². The summed E-state index contributed by atoms with van der Waals surface area (Å²) in [5.41, 5.74) is 2.45. The van der Waals surface area contributed by atoms with Gasteiger partial charge in [-0.2, -0.15) is 0 Å². The summed E-state index contributed by atoms with van der Waals surface area (Å²) in [5, 5.41) is 2.80. The highest BCUT2D eigenvalue weighted by atomic mass is 16.5. The van der Waals surface area contributed by atoms with Crippen molar-refractivity contribution in [3.63, 3.8) is 0 Å². The Balaban J connectivity index is 1.43.